The number of carbonyl (C=O) groups excluding carboxylic acids is 2. The Morgan fingerprint density at radius 1 is 1.32 bits per heavy atom. The van der Waals surface area contributed by atoms with Gasteiger partial charge in [-0.3, -0.25) is 0 Å². The summed E-state index contributed by atoms with van der Waals surface area (Å²) in [4.78, 5) is 20.2. The molecule has 4 nitrogen and oxygen atoms in total. The van der Waals surface area contributed by atoms with Crippen LogP contribution >= 0.6 is 0 Å². The Morgan fingerprint density at radius 3 is 2.26 bits per heavy atom. The lowest BCUT2D eigenvalue weighted by atomic mass is 10.0. The maximum atomic E-state index is 10.8. The van der Waals surface area contributed by atoms with E-state index in [-0.39, 0.29) is 12.4 Å². The molecule has 1 unspecified atom stereocenters. The normalized spacial score (nSPS) is 10.6. The predicted molar refractivity (Wildman–Crippen MR) is 74.3 cm³/mol. The van der Waals surface area contributed by atoms with E-state index < -0.39 is 5.97 Å². The van der Waals surface area contributed by atoms with Crippen molar-refractivity contribution in [3.63, 3.8) is 0 Å². The van der Waals surface area contributed by atoms with Gasteiger partial charge in [0.15, 0.2) is 0 Å². The Bertz CT molecular complexity index is 271. The van der Waals surface area contributed by atoms with Crippen molar-refractivity contribution in [2.75, 3.05) is 6.61 Å². The molecular formula is C15H25O4-. The van der Waals surface area contributed by atoms with Crippen molar-refractivity contribution >= 4 is 11.9 Å². The number of unbranched alkanes of at least 4 members (excludes halogenated alkanes) is 1. The van der Waals surface area contributed by atoms with Gasteiger partial charge < -0.3 is 14.6 Å². The number of carboxylic acids is 1. The van der Waals surface area contributed by atoms with E-state index in [0.717, 1.165) is 12.8 Å². The standard InChI is InChI=1S/C11H20O2.C4H6O2/c1-4-7-8-10(5-2)9-13-11(12)6-3;1-2-3-4(5)6/h6,10H,3-5,7-9H2,1-2H3;2H,1,3H2,(H,5,6)/p-1. The maximum absolute atomic E-state index is 10.8. The van der Waals surface area contributed by atoms with E-state index in [1.54, 1.807) is 0 Å². The monoisotopic (exact) mass is 269 g/mol. The van der Waals surface area contributed by atoms with Crippen LogP contribution in [-0.4, -0.2) is 18.5 Å². The fraction of sp³-hybridized carbons (Fsp3) is 0.600. The maximum Gasteiger partial charge on any atom is 0.330 e. The lowest BCUT2D eigenvalue weighted by Gasteiger charge is -2.13. The first-order valence-corrected chi connectivity index (χ1v) is 6.61. The molecule has 0 aromatic carbocycles. The number of ether oxygens (including phenoxy) is 1. The quantitative estimate of drug-likeness (QED) is 0.366. The van der Waals surface area contributed by atoms with Gasteiger partial charge in [0.2, 0.25) is 0 Å². The van der Waals surface area contributed by atoms with Gasteiger partial charge in [-0.15, -0.1) is 6.58 Å². The summed E-state index contributed by atoms with van der Waals surface area (Å²) in [6, 6.07) is 0. The highest BCUT2D eigenvalue weighted by molar-refractivity contribution is 5.81. The molecule has 0 aromatic rings. The van der Waals surface area contributed by atoms with Crippen molar-refractivity contribution in [2.45, 2.75) is 46.0 Å². The third kappa shape index (κ3) is 16.4. The van der Waals surface area contributed by atoms with Gasteiger partial charge in [-0.25, -0.2) is 4.79 Å². The minimum atomic E-state index is -1.08. The highest BCUT2D eigenvalue weighted by atomic mass is 16.5. The smallest absolute Gasteiger partial charge is 0.330 e. The molecule has 0 aliphatic heterocycles. The second-order valence-corrected chi connectivity index (χ2v) is 4.12. The topological polar surface area (TPSA) is 66.4 Å². The lowest BCUT2D eigenvalue weighted by Crippen LogP contribution is -2.20. The van der Waals surface area contributed by atoms with Crippen molar-refractivity contribution < 1.29 is 19.4 Å². The van der Waals surface area contributed by atoms with Crippen LogP contribution in [0.4, 0.5) is 0 Å². The zero-order valence-corrected chi connectivity index (χ0v) is 12.0. The molecule has 0 bridgehead atoms. The van der Waals surface area contributed by atoms with Gasteiger partial charge in [-0.1, -0.05) is 45.8 Å². The molecule has 0 rings (SSSR count). The summed E-state index contributed by atoms with van der Waals surface area (Å²) < 4.78 is 4.98. The zero-order valence-electron chi connectivity index (χ0n) is 12.0. The first kappa shape index (κ1) is 19.8. The summed E-state index contributed by atoms with van der Waals surface area (Å²) in [5.41, 5.74) is 0. The van der Waals surface area contributed by atoms with E-state index >= 15 is 0 Å². The molecule has 0 aliphatic carbocycles. The molecule has 0 saturated carbocycles. The molecule has 0 N–H and O–H groups in total. The van der Waals surface area contributed by atoms with Crippen LogP contribution in [0.25, 0.3) is 0 Å². The van der Waals surface area contributed by atoms with Crippen molar-refractivity contribution in [1.29, 1.82) is 0 Å². The molecule has 0 aromatic heterocycles. The van der Waals surface area contributed by atoms with Crippen molar-refractivity contribution in [3.05, 3.63) is 25.3 Å². The van der Waals surface area contributed by atoms with Crippen LogP contribution in [0.3, 0.4) is 0 Å². The number of esters is 1. The molecule has 0 radical (unpaired) electrons. The second kappa shape index (κ2) is 14.5. The average molecular weight is 269 g/mol. The van der Waals surface area contributed by atoms with Crippen molar-refractivity contribution in [3.8, 4) is 0 Å². The van der Waals surface area contributed by atoms with E-state index in [9.17, 15) is 14.7 Å². The summed E-state index contributed by atoms with van der Waals surface area (Å²) in [5, 5.41) is 9.42. The molecule has 0 saturated heterocycles. The van der Waals surface area contributed by atoms with Crippen LogP contribution in [0.5, 0.6) is 0 Å². The van der Waals surface area contributed by atoms with Gasteiger partial charge in [0.1, 0.15) is 0 Å². The molecule has 0 fully saturated rings. The Hall–Kier alpha value is -1.58. The molecule has 0 amide bonds. The Kier molecular flexibility index (Phi) is 15.1. The van der Waals surface area contributed by atoms with Gasteiger partial charge in [0.05, 0.1) is 6.61 Å². The number of hydrogen-bond donors (Lipinski definition) is 0. The highest BCUT2D eigenvalue weighted by Crippen LogP contribution is 2.12. The molecule has 0 aliphatic rings. The summed E-state index contributed by atoms with van der Waals surface area (Å²) in [7, 11) is 0. The van der Waals surface area contributed by atoms with Crippen LogP contribution < -0.4 is 5.11 Å². The van der Waals surface area contributed by atoms with E-state index in [0.29, 0.717) is 12.5 Å². The van der Waals surface area contributed by atoms with Gasteiger partial charge in [0, 0.05) is 18.5 Å². The van der Waals surface area contributed by atoms with E-state index in [1.807, 2.05) is 0 Å². The number of aliphatic carboxylic acids is 1. The molecular weight excluding hydrogens is 244 g/mol. The number of rotatable bonds is 9. The van der Waals surface area contributed by atoms with Crippen molar-refractivity contribution in [2.24, 2.45) is 5.92 Å². The molecule has 0 heterocycles. The summed E-state index contributed by atoms with van der Waals surface area (Å²) in [5.74, 6) is -0.871. The van der Waals surface area contributed by atoms with E-state index in [4.69, 9.17) is 4.74 Å². The molecule has 110 valence electrons. The second-order valence-electron chi connectivity index (χ2n) is 4.12. The van der Waals surface area contributed by atoms with E-state index in [1.165, 1.54) is 25.0 Å². The lowest BCUT2D eigenvalue weighted by molar-refractivity contribution is -0.304. The largest absolute Gasteiger partial charge is 0.550 e. The molecule has 4 heteroatoms. The number of carboxylic acid groups (broad SMARTS) is 1. The SMILES string of the molecule is C=CC(=O)OCC(CC)CCCC.C=CCC(=O)[O-]. The zero-order chi connectivity index (χ0) is 15.1. The van der Waals surface area contributed by atoms with E-state index in [2.05, 4.69) is 27.0 Å². The fourth-order valence-corrected chi connectivity index (χ4v) is 1.27. The van der Waals surface area contributed by atoms with Gasteiger partial charge in [-0.05, 0) is 12.3 Å². The van der Waals surface area contributed by atoms with Gasteiger partial charge in [-0.2, -0.15) is 0 Å². The van der Waals surface area contributed by atoms with Crippen LogP contribution in [-0.2, 0) is 14.3 Å². The third-order valence-electron chi connectivity index (χ3n) is 2.48. The van der Waals surface area contributed by atoms with Crippen LogP contribution in [0, 0.1) is 5.92 Å². The Morgan fingerprint density at radius 2 is 1.95 bits per heavy atom. The van der Waals surface area contributed by atoms with Gasteiger partial charge in [0.25, 0.3) is 0 Å². The molecule has 19 heavy (non-hydrogen) atoms. The summed E-state index contributed by atoms with van der Waals surface area (Å²) in [6.45, 7) is 11.4. The number of hydrogen-bond acceptors (Lipinski definition) is 4. The fourth-order valence-electron chi connectivity index (χ4n) is 1.27. The molecule has 0 spiro atoms. The average Bonchev–Trinajstić information content (AvgIpc) is 2.39. The minimum absolute atomic E-state index is 0.0556. The van der Waals surface area contributed by atoms with Crippen LogP contribution in [0.15, 0.2) is 25.3 Å². The first-order valence-electron chi connectivity index (χ1n) is 6.61. The van der Waals surface area contributed by atoms with Crippen LogP contribution in [0.1, 0.15) is 46.0 Å². The first-order chi connectivity index (χ1) is 9.01. The minimum Gasteiger partial charge on any atom is -0.550 e. The van der Waals surface area contributed by atoms with Crippen molar-refractivity contribution in [1.82, 2.24) is 0 Å². The number of carbonyl (C=O) groups is 2. The third-order valence-corrected chi connectivity index (χ3v) is 2.48. The Labute approximate surface area is 116 Å². The molecule has 1 atom stereocenters. The van der Waals surface area contributed by atoms with Gasteiger partial charge >= 0.3 is 5.97 Å². The summed E-state index contributed by atoms with van der Waals surface area (Å²) in [6.07, 6.45) is 7.08. The Balaban J connectivity index is 0. The van der Waals surface area contributed by atoms with Crippen LogP contribution in [0.2, 0.25) is 0 Å². The summed E-state index contributed by atoms with van der Waals surface area (Å²) >= 11 is 0. The predicted octanol–water partition coefficient (Wildman–Crippen LogP) is 2.24. The highest BCUT2D eigenvalue weighted by Gasteiger charge is 2.07.